The Morgan fingerprint density at radius 3 is 2.76 bits per heavy atom. The first kappa shape index (κ1) is 12.7. The van der Waals surface area contributed by atoms with Gasteiger partial charge in [-0.2, -0.15) is 0 Å². The van der Waals surface area contributed by atoms with Crippen LogP contribution in [-0.4, -0.2) is 26.2 Å². The molecule has 0 saturated heterocycles. The minimum Gasteiger partial charge on any atom is -0.495 e. The first-order chi connectivity index (χ1) is 8.13. The molecule has 3 nitrogen and oxygen atoms in total. The number of hydrogen-bond acceptors (Lipinski definition) is 3. The number of likely N-dealkylation sites (N-methyl/N-ethyl adjacent to an activating group) is 1. The maximum Gasteiger partial charge on any atom is 0.142 e. The van der Waals surface area contributed by atoms with Crippen molar-refractivity contribution in [2.24, 2.45) is 5.73 Å². The SMILES string of the molecule is COc1ccc(Br)cc1N(C)C1CCCC1N. The summed E-state index contributed by atoms with van der Waals surface area (Å²) in [6.07, 6.45) is 3.49. The van der Waals surface area contributed by atoms with Crippen molar-refractivity contribution >= 4 is 21.6 Å². The summed E-state index contributed by atoms with van der Waals surface area (Å²) in [6, 6.07) is 6.74. The maximum atomic E-state index is 6.15. The van der Waals surface area contributed by atoms with Crippen molar-refractivity contribution in [2.45, 2.75) is 31.3 Å². The maximum absolute atomic E-state index is 6.15. The molecule has 0 heterocycles. The topological polar surface area (TPSA) is 38.5 Å². The Bertz CT molecular complexity index is 397. The number of benzene rings is 1. The summed E-state index contributed by atoms with van der Waals surface area (Å²) in [6.45, 7) is 0. The van der Waals surface area contributed by atoms with Crippen molar-refractivity contribution < 1.29 is 4.74 Å². The van der Waals surface area contributed by atoms with E-state index in [0.29, 0.717) is 6.04 Å². The van der Waals surface area contributed by atoms with Gasteiger partial charge in [-0.3, -0.25) is 0 Å². The quantitative estimate of drug-likeness (QED) is 0.932. The molecule has 17 heavy (non-hydrogen) atoms. The van der Waals surface area contributed by atoms with E-state index in [4.69, 9.17) is 10.5 Å². The van der Waals surface area contributed by atoms with E-state index in [9.17, 15) is 0 Å². The van der Waals surface area contributed by atoms with Crippen LogP contribution in [-0.2, 0) is 0 Å². The predicted molar refractivity (Wildman–Crippen MR) is 74.7 cm³/mol. The molecule has 2 rings (SSSR count). The van der Waals surface area contributed by atoms with Crippen LogP contribution in [0.4, 0.5) is 5.69 Å². The Morgan fingerprint density at radius 2 is 2.18 bits per heavy atom. The highest BCUT2D eigenvalue weighted by atomic mass is 79.9. The number of rotatable bonds is 3. The average Bonchev–Trinajstić information content (AvgIpc) is 2.74. The Morgan fingerprint density at radius 1 is 1.41 bits per heavy atom. The summed E-state index contributed by atoms with van der Waals surface area (Å²) in [7, 11) is 3.80. The van der Waals surface area contributed by atoms with Crippen molar-refractivity contribution in [1.29, 1.82) is 0 Å². The van der Waals surface area contributed by atoms with E-state index in [-0.39, 0.29) is 6.04 Å². The second kappa shape index (κ2) is 5.27. The van der Waals surface area contributed by atoms with Gasteiger partial charge in [-0.25, -0.2) is 0 Å². The summed E-state index contributed by atoms with van der Waals surface area (Å²) < 4.78 is 6.47. The van der Waals surface area contributed by atoms with Crippen LogP contribution in [0.5, 0.6) is 5.75 Å². The molecular weight excluding hydrogens is 280 g/mol. The Labute approximate surface area is 111 Å². The fourth-order valence-corrected chi connectivity index (χ4v) is 2.92. The molecule has 0 radical (unpaired) electrons. The molecule has 0 aromatic heterocycles. The van der Waals surface area contributed by atoms with E-state index in [1.165, 1.54) is 6.42 Å². The summed E-state index contributed by atoms with van der Waals surface area (Å²) in [5.41, 5.74) is 7.25. The van der Waals surface area contributed by atoms with Gasteiger partial charge in [-0.15, -0.1) is 0 Å². The highest BCUT2D eigenvalue weighted by Gasteiger charge is 2.28. The van der Waals surface area contributed by atoms with Crippen molar-refractivity contribution in [3.8, 4) is 5.75 Å². The van der Waals surface area contributed by atoms with Crippen molar-refractivity contribution in [3.05, 3.63) is 22.7 Å². The van der Waals surface area contributed by atoms with E-state index in [2.05, 4.69) is 33.9 Å². The van der Waals surface area contributed by atoms with E-state index in [1.54, 1.807) is 7.11 Å². The molecule has 0 aliphatic heterocycles. The van der Waals surface area contributed by atoms with Gasteiger partial charge in [0.25, 0.3) is 0 Å². The molecule has 1 fully saturated rings. The number of ether oxygens (including phenoxy) is 1. The fourth-order valence-electron chi connectivity index (χ4n) is 2.57. The summed E-state index contributed by atoms with van der Waals surface area (Å²) in [5.74, 6) is 0.898. The highest BCUT2D eigenvalue weighted by molar-refractivity contribution is 9.10. The molecule has 4 heteroatoms. The Balaban J connectivity index is 2.28. The lowest BCUT2D eigenvalue weighted by Gasteiger charge is -2.31. The minimum absolute atomic E-state index is 0.267. The van der Waals surface area contributed by atoms with Gasteiger partial charge < -0.3 is 15.4 Å². The predicted octanol–water partition coefficient (Wildman–Crippen LogP) is 2.77. The minimum atomic E-state index is 0.267. The number of methoxy groups -OCH3 is 1. The van der Waals surface area contributed by atoms with E-state index in [1.807, 2.05) is 12.1 Å². The first-order valence-electron chi connectivity index (χ1n) is 5.95. The standard InChI is InChI=1S/C13H19BrN2O/c1-16(11-5-3-4-10(11)15)12-8-9(14)6-7-13(12)17-2/h6-8,10-11H,3-5,15H2,1-2H3. The third-order valence-corrected chi connectivity index (χ3v) is 4.04. The number of anilines is 1. The lowest BCUT2D eigenvalue weighted by Crippen LogP contribution is -2.42. The molecule has 2 N–H and O–H groups in total. The molecular formula is C13H19BrN2O. The van der Waals surface area contributed by atoms with Crippen LogP contribution in [0, 0.1) is 0 Å². The molecule has 1 aliphatic carbocycles. The number of nitrogens with two attached hydrogens (primary N) is 1. The third-order valence-electron chi connectivity index (χ3n) is 3.55. The molecule has 94 valence electrons. The molecule has 1 aromatic carbocycles. The summed E-state index contributed by atoms with van der Waals surface area (Å²) in [5, 5.41) is 0. The average molecular weight is 299 g/mol. The lowest BCUT2D eigenvalue weighted by atomic mass is 10.1. The normalized spacial score (nSPS) is 23.8. The van der Waals surface area contributed by atoms with Crippen LogP contribution in [0.1, 0.15) is 19.3 Å². The summed E-state index contributed by atoms with van der Waals surface area (Å²) in [4.78, 5) is 2.25. The first-order valence-corrected chi connectivity index (χ1v) is 6.74. The molecule has 1 aromatic rings. The van der Waals surface area contributed by atoms with Gasteiger partial charge in [0.05, 0.1) is 12.8 Å². The Kier molecular flexibility index (Phi) is 3.94. The largest absolute Gasteiger partial charge is 0.495 e. The fraction of sp³-hybridized carbons (Fsp3) is 0.538. The second-order valence-corrected chi connectivity index (χ2v) is 5.50. The molecule has 1 saturated carbocycles. The second-order valence-electron chi connectivity index (χ2n) is 4.59. The van der Waals surface area contributed by atoms with E-state index in [0.717, 1.165) is 28.8 Å². The van der Waals surface area contributed by atoms with E-state index < -0.39 is 0 Å². The van der Waals surface area contributed by atoms with Crippen molar-refractivity contribution in [1.82, 2.24) is 0 Å². The highest BCUT2D eigenvalue weighted by Crippen LogP contribution is 2.34. The van der Waals surface area contributed by atoms with Crippen LogP contribution < -0.4 is 15.4 Å². The van der Waals surface area contributed by atoms with Crippen LogP contribution in [0.25, 0.3) is 0 Å². The molecule has 0 spiro atoms. The van der Waals surface area contributed by atoms with Gasteiger partial charge in [0.2, 0.25) is 0 Å². The zero-order chi connectivity index (χ0) is 12.4. The zero-order valence-electron chi connectivity index (χ0n) is 10.3. The van der Waals surface area contributed by atoms with Gasteiger partial charge in [-0.05, 0) is 37.5 Å². The van der Waals surface area contributed by atoms with Gasteiger partial charge in [-0.1, -0.05) is 15.9 Å². The van der Waals surface area contributed by atoms with Gasteiger partial charge in [0.15, 0.2) is 0 Å². The van der Waals surface area contributed by atoms with Crippen LogP contribution in [0.3, 0.4) is 0 Å². The summed E-state index contributed by atoms with van der Waals surface area (Å²) >= 11 is 3.50. The van der Waals surface area contributed by atoms with Crippen LogP contribution in [0.2, 0.25) is 0 Å². The lowest BCUT2D eigenvalue weighted by molar-refractivity contribution is 0.412. The monoisotopic (exact) mass is 298 g/mol. The van der Waals surface area contributed by atoms with Crippen molar-refractivity contribution in [3.63, 3.8) is 0 Å². The smallest absolute Gasteiger partial charge is 0.142 e. The van der Waals surface area contributed by atoms with Crippen molar-refractivity contribution in [2.75, 3.05) is 19.1 Å². The zero-order valence-corrected chi connectivity index (χ0v) is 11.9. The number of hydrogen-bond donors (Lipinski definition) is 1. The molecule has 2 unspecified atom stereocenters. The molecule has 0 bridgehead atoms. The van der Waals surface area contributed by atoms with Gasteiger partial charge in [0, 0.05) is 23.6 Å². The number of nitrogens with zero attached hydrogens (tertiary/aromatic N) is 1. The molecule has 2 atom stereocenters. The van der Waals surface area contributed by atoms with Gasteiger partial charge >= 0.3 is 0 Å². The van der Waals surface area contributed by atoms with Crippen LogP contribution >= 0.6 is 15.9 Å². The molecule has 1 aliphatic rings. The molecule has 0 amide bonds. The third kappa shape index (κ3) is 2.58. The van der Waals surface area contributed by atoms with Crippen LogP contribution in [0.15, 0.2) is 22.7 Å². The Hall–Kier alpha value is -0.740. The van der Waals surface area contributed by atoms with E-state index >= 15 is 0 Å². The number of halogens is 1. The van der Waals surface area contributed by atoms with Gasteiger partial charge in [0.1, 0.15) is 5.75 Å².